The number of hydrogen-bond donors (Lipinski definition) is 0. The molecule has 3 nitrogen and oxygen atoms in total. The summed E-state index contributed by atoms with van der Waals surface area (Å²) in [4.78, 5) is 0. The highest BCUT2D eigenvalue weighted by atomic mass is 16.6. The molecule has 2 unspecified atom stereocenters. The molecule has 1 saturated heterocycles. The first kappa shape index (κ1) is 19.1. The van der Waals surface area contributed by atoms with Crippen molar-refractivity contribution in [2.45, 2.75) is 64.8 Å². The van der Waals surface area contributed by atoms with Crippen LogP contribution in [0.3, 0.4) is 0 Å². The molecule has 0 spiro atoms. The van der Waals surface area contributed by atoms with Crippen LogP contribution in [0.25, 0.3) is 0 Å². The molecule has 2 aromatic rings. The van der Waals surface area contributed by atoms with E-state index in [0.717, 1.165) is 6.42 Å². The van der Waals surface area contributed by atoms with Crippen LogP contribution < -0.4 is 0 Å². The highest BCUT2D eigenvalue weighted by Gasteiger charge is 2.42. The fourth-order valence-electron chi connectivity index (χ4n) is 3.57. The Bertz CT molecular complexity index is 600. The first-order valence-corrected chi connectivity index (χ1v) is 9.65. The third kappa shape index (κ3) is 4.73. The van der Waals surface area contributed by atoms with Crippen molar-refractivity contribution in [2.75, 3.05) is 0 Å². The Balaban J connectivity index is 1.71. The monoisotopic (exact) mass is 354 g/mol. The topological polar surface area (TPSA) is 27.7 Å². The van der Waals surface area contributed by atoms with Crippen LogP contribution in [0.1, 0.15) is 38.3 Å². The van der Waals surface area contributed by atoms with Gasteiger partial charge in [0.25, 0.3) is 0 Å². The van der Waals surface area contributed by atoms with Gasteiger partial charge in [-0.15, -0.1) is 0 Å². The maximum atomic E-state index is 6.38. The molecule has 1 aliphatic rings. The summed E-state index contributed by atoms with van der Waals surface area (Å²) >= 11 is 0. The van der Waals surface area contributed by atoms with Gasteiger partial charge in [-0.25, -0.2) is 0 Å². The van der Waals surface area contributed by atoms with E-state index in [1.165, 1.54) is 11.1 Å². The standard InChI is InChI=1S/C23H30O3/c1-4-21-23(25-16-20-13-9-6-10-14-20)22(17(2)18(3)26-21)24-15-19-11-7-5-8-12-19/h5-14,17-18,21-23H,4,15-16H2,1-3H3/t17?,18-,21?,22+,23+/m1/s1. The van der Waals surface area contributed by atoms with E-state index in [4.69, 9.17) is 14.2 Å². The summed E-state index contributed by atoms with van der Waals surface area (Å²) in [5, 5.41) is 0. The van der Waals surface area contributed by atoms with Crippen LogP contribution in [0.2, 0.25) is 0 Å². The van der Waals surface area contributed by atoms with Crippen molar-refractivity contribution in [3.8, 4) is 0 Å². The molecular weight excluding hydrogens is 324 g/mol. The van der Waals surface area contributed by atoms with Crippen LogP contribution in [0, 0.1) is 5.92 Å². The Hall–Kier alpha value is -1.68. The zero-order chi connectivity index (χ0) is 18.4. The molecule has 0 aliphatic carbocycles. The average molecular weight is 354 g/mol. The molecule has 2 aromatic carbocycles. The van der Waals surface area contributed by atoms with E-state index in [-0.39, 0.29) is 30.3 Å². The van der Waals surface area contributed by atoms with Gasteiger partial charge in [0.15, 0.2) is 0 Å². The van der Waals surface area contributed by atoms with Crippen molar-refractivity contribution in [1.29, 1.82) is 0 Å². The maximum absolute atomic E-state index is 6.38. The van der Waals surface area contributed by atoms with Gasteiger partial charge in [0.05, 0.1) is 31.5 Å². The van der Waals surface area contributed by atoms with Gasteiger partial charge < -0.3 is 14.2 Å². The summed E-state index contributed by atoms with van der Waals surface area (Å²) in [5.74, 6) is 0.280. The predicted octanol–water partition coefficient (Wildman–Crippen LogP) is 4.99. The lowest BCUT2D eigenvalue weighted by Gasteiger charge is -2.44. The van der Waals surface area contributed by atoms with Crippen LogP contribution in [-0.2, 0) is 27.4 Å². The van der Waals surface area contributed by atoms with Crippen LogP contribution >= 0.6 is 0 Å². The van der Waals surface area contributed by atoms with Crippen molar-refractivity contribution in [1.82, 2.24) is 0 Å². The number of ether oxygens (including phenoxy) is 3. The van der Waals surface area contributed by atoms with E-state index >= 15 is 0 Å². The van der Waals surface area contributed by atoms with E-state index in [2.05, 4.69) is 45.0 Å². The Labute approximate surface area is 157 Å². The quantitative estimate of drug-likeness (QED) is 0.701. The summed E-state index contributed by atoms with van der Waals surface area (Å²) in [6.45, 7) is 7.67. The molecule has 0 amide bonds. The average Bonchev–Trinajstić information content (AvgIpc) is 2.69. The van der Waals surface area contributed by atoms with Crippen molar-refractivity contribution in [3.63, 3.8) is 0 Å². The highest BCUT2D eigenvalue weighted by molar-refractivity contribution is 5.14. The van der Waals surface area contributed by atoms with Gasteiger partial charge in [0.1, 0.15) is 6.10 Å². The minimum Gasteiger partial charge on any atom is -0.372 e. The highest BCUT2D eigenvalue weighted by Crippen LogP contribution is 2.32. The minimum absolute atomic E-state index is 0.0209. The van der Waals surface area contributed by atoms with E-state index in [1.54, 1.807) is 0 Å². The molecule has 0 N–H and O–H groups in total. The summed E-state index contributed by atoms with van der Waals surface area (Å²) < 4.78 is 18.9. The fraction of sp³-hybridized carbons (Fsp3) is 0.478. The molecule has 0 radical (unpaired) electrons. The molecule has 3 heteroatoms. The Morgan fingerprint density at radius 2 is 1.27 bits per heavy atom. The van der Waals surface area contributed by atoms with E-state index in [9.17, 15) is 0 Å². The fourth-order valence-corrected chi connectivity index (χ4v) is 3.57. The van der Waals surface area contributed by atoms with Gasteiger partial charge in [0, 0.05) is 5.92 Å². The van der Waals surface area contributed by atoms with Crippen LogP contribution in [-0.4, -0.2) is 24.4 Å². The number of hydrogen-bond acceptors (Lipinski definition) is 3. The zero-order valence-electron chi connectivity index (χ0n) is 16.0. The Morgan fingerprint density at radius 3 is 1.77 bits per heavy atom. The van der Waals surface area contributed by atoms with Gasteiger partial charge in [-0.2, -0.15) is 0 Å². The van der Waals surface area contributed by atoms with Gasteiger partial charge in [-0.1, -0.05) is 74.5 Å². The SMILES string of the molecule is CCC1O[C@H](C)C(C)[C@H](OCc2ccccc2)[C@H]1OCc1ccccc1. The summed E-state index contributed by atoms with van der Waals surface area (Å²) in [5.41, 5.74) is 2.36. The lowest BCUT2D eigenvalue weighted by atomic mass is 9.87. The molecule has 0 bridgehead atoms. The van der Waals surface area contributed by atoms with Gasteiger partial charge in [0.2, 0.25) is 0 Å². The first-order valence-electron chi connectivity index (χ1n) is 9.65. The lowest BCUT2D eigenvalue weighted by Crippen LogP contribution is -2.54. The summed E-state index contributed by atoms with van der Waals surface area (Å²) in [7, 11) is 0. The van der Waals surface area contributed by atoms with Crippen molar-refractivity contribution < 1.29 is 14.2 Å². The third-order valence-corrected chi connectivity index (χ3v) is 5.31. The summed E-state index contributed by atoms with van der Waals surface area (Å²) in [6, 6.07) is 20.6. The minimum atomic E-state index is -0.0601. The van der Waals surface area contributed by atoms with E-state index in [0.29, 0.717) is 13.2 Å². The lowest BCUT2D eigenvalue weighted by molar-refractivity contribution is -0.228. The second kappa shape index (κ2) is 9.31. The number of rotatable bonds is 7. The third-order valence-electron chi connectivity index (χ3n) is 5.31. The molecule has 0 saturated carbocycles. The molecule has 1 fully saturated rings. The predicted molar refractivity (Wildman–Crippen MR) is 104 cm³/mol. The van der Waals surface area contributed by atoms with E-state index < -0.39 is 0 Å². The van der Waals surface area contributed by atoms with Crippen molar-refractivity contribution >= 4 is 0 Å². The molecule has 140 valence electrons. The van der Waals surface area contributed by atoms with Gasteiger partial charge >= 0.3 is 0 Å². The maximum Gasteiger partial charge on any atom is 0.111 e. The molecule has 0 aromatic heterocycles. The van der Waals surface area contributed by atoms with Gasteiger partial charge in [-0.05, 0) is 24.5 Å². The molecule has 26 heavy (non-hydrogen) atoms. The smallest absolute Gasteiger partial charge is 0.111 e. The molecular formula is C23H30O3. The normalized spacial score (nSPS) is 28.8. The van der Waals surface area contributed by atoms with Crippen molar-refractivity contribution in [2.24, 2.45) is 5.92 Å². The Kier molecular flexibility index (Phi) is 6.84. The van der Waals surface area contributed by atoms with Crippen molar-refractivity contribution in [3.05, 3.63) is 71.8 Å². The molecule has 1 heterocycles. The van der Waals surface area contributed by atoms with E-state index in [1.807, 2.05) is 36.4 Å². The number of benzene rings is 2. The largest absolute Gasteiger partial charge is 0.372 e. The second-order valence-electron chi connectivity index (χ2n) is 7.17. The first-order chi connectivity index (χ1) is 12.7. The zero-order valence-corrected chi connectivity index (χ0v) is 16.0. The van der Waals surface area contributed by atoms with Crippen LogP contribution in [0.5, 0.6) is 0 Å². The van der Waals surface area contributed by atoms with Crippen LogP contribution in [0.4, 0.5) is 0 Å². The van der Waals surface area contributed by atoms with Gasteiger partial charge in [-0.3, -0.25) is 0 Å². The molecule has 1 aliphatic heterocycles. The van der Waals surface area contributed by atoms with Crippen LogP contribution in [0.15, 0.2) is 60.7 Å². The summed E-state index contributed by atoms with van der Waals surface area (Å²) in [6.07, 6.45) is 1.10. The molecule has 3 rings (SSSR count). The second-order valence-corrected chi connectivity index (χ2v) is 7.17. The molecule has 5 atom stereocenters. The Morgan fingerprint density at radius 1 is 0.769 bits per heavy atom.